The van der Waals surface area contributed by atoms with Crippen LogP contribution in [0.5, 0.6) is 0 Å². The van der Waals surface area contributed by atoms with Crippen molar-refractivity contribution in [3.05, 3.63) is 34.3 Å². The van der Waals surface area contributed by atoms with Crippen molar-refractivity contribution in [2.45, 2.75) is 41.5 Å². The summed E-state index contributed by atoms with van der Waals surface area (Å²) in [4.78, 5) is 5.52. The number of allylic oxidation sites excluding steroid dienone is 2. The normalized spacial score (nSPS) is 8.67. The summed E-state index contributed by atoms with van der Waals surface area (Å²) in [5.41, 5.74) is 1.10. The molecule has 0 aliphatic carbocycles. The van der Waals surface area contributed by atoms with Gasteiger partial charge in [-0.25, -0.2) is 4.98 Å². The Morgan fingerprint density at radius 3 is 2.00 bits per heavy atom. The third kappa shape index (κ3) is 7.09. The molecule has 0 aromatic carbocycles. The van der Waals surface area contributed by atoms with Gasteiger partial charge in [-0.1, -0.05) is 46.4 Å². The molecule has 1 rings (SSSR count). The van der Waals surface area contributed by atoms with Gasteiger partial charge in [0.1, 0.15) is 0 Å². The first-order valence-corrected chi connectivity index (χ1v) is 6.29. The zero-order valence-electron chi connectivity index (χ0n) is 10.8. The predicted octanol–water partition coefficient (Wildman–Crippen LogP) is 5.01. The second-order valence-corrected chi connectivity index (χ2v) is 3.51. The molecular formula is C13H23NS. The van der Waals surface area contributed by atoms with Crippen LogP contribution in [-0.2, 0) is 0 Å². The van der Waals surface area contributed by atoms with Crippen molar-refractivity contribution in [3.8, 4) is 0 Å². The molecule has 1 nitrogen and oxygen atoms in total. The van der Waals surface area contributed by atoms with E-state index in [0.717, 1.165) is 10.7 Å². The van der Waals surface area contributed by atoms with E-state index in [-0.39, 0.29) is 0 Å². The standard InChI is InChI=1S/C9H11NS.2C2H6/c1-4-5-6-9-7(2)10-8(3)11-9;2*1-2/h4-6H,1H2,2-3H3;2*1-2H3/b6-5-;;. The molecule has 0 N–H and O–H groups in total. The van der Waals surface area contributed by atoms with Gasteiger partial charge >= 0.3 is 0 Å². The van der Waals surface area contributed by atoms with Gasteiger partial charge in [-0.05, 0) is 19.9 Å². The lowest BCUT2D eigenvalue weighted by Gasteiger charge is -1.83. The maximum absolute atomic E-state index is 4.30. The van der Waals surface area contributed by atoms with Crippen molar-refractivity contribution in [1.82, 2.24) is 4.98 Å². The third-order valence-electron chi connectivity index (χ3n) is 1.32. The zero-order chi connectivity index (χ0) is 12.3. The Morgan fingerprint density at radius 1 is 1.13 bits per heavy atom. The van der Waals surface area contributed by atoms with Crippen LogP contribution in [0.2, 0.25) is 0 Å². The van der Waals surface area contributed by atoms with Gasteiger partial charge in [-0.3, -0.25) is 0 Å². The minimum Gasteiger partial charge on any atom is -0.246 e. The van der Waals surface area contributed by atoms with E-state index < -0.39 is 0 Å². The second kappa shape index (κ2) is 11.2. The highest BCUT2D eigenvalue weighted by Gasteiger charge is 1.98. The number of aryl methyl sites for hydroxylation is 2. The van der Waals surface area contributed by atoms with Gasteiger partial charge in [-0.2, -0.15) is 0 Å². The van der Waals surface area contributed by atoms with Gasteiger partial charge in [0.25, 0.3) is 0 Å². The van der Waals surface area contributed by atoms with Crippen molar-refractivity contribution in [3.63, 3.8) is 0 Å². The molecule has 0 saturated carbocycles. The Labute approximate surface area is 98.6 Å². The van der Waals surface area contributed by atoms with Gasteiger partial charge < -0.3 is 0 Å². The van der Waals surface area contributed by atoms with Gasteiger partial charge in [0.05, 0.1) is 15.6 Å². The highest BCUT2D eigenvalue weighted by Crippen LogP contribution is 2.18. The molecule has 0 aliphatic heterocycles. The van der Waals surface area contributed by atoms with Crippen LogP contribution in [-0.4, -0.2) is 4.98 Å². The van der Waals surface area contributed by atoms with E-state index >= 15 is 0 Å². The smallest absolute Gasteiger partial charge is 0.0903 e. The Bertz CT molecular complexity index is 285. The van der Waals surface area contributed by atoms with E-state index in [4.69, 9.17) is 0 Å². The Hall–Kier alpha value is -0.890. The summed E-state index contributed by atoms with van der Waals surface area (Å²) in [7, 11) is 0. The number of rotatable bonds is 2. The van der Waals surface area contributed by atoms with Crippen molar-refractivity contribution >= 4 is 17.4 Å². The topological polar surface area (TPSA) is 12.9 Å². The van der Waals surface area contributed by atoms with Crippen LogP contribution in [0.1, 0.15) is 43.3 Å². The molecule has 0 fully saturated rings. The molecule has 0 radical (unpaired) electrons. The highest BCUT2D eigenvalue weighted by molar-refractivity contribution is 7.12. The quantitative estimate of drug-likeness (QED) is 0.645. The molecule has 0 aliphatic rings. The fourth-order valence-corrected chi connectivity index (χ4v) is 1.70. The maximum atomic E-state index is 4.30. The number of hydrogen-bond donors (Lipinski definition) is 0. The average molecular weight is 225 g/mol. The van der Waals surface area contributed by atoms with Crippen LogP contribution in [0.15, 0.2) is 18.7 Å². The molecule has 0 spiro atoms. The number of nitrogens with zero attached hydrogens (tertiary/aromatic N) is 1. The molecule has 0 saturated heterocycles. The monoisotopic (exact) mass is 225 g/mol. The molecule has 0 amide bonds. The molecule has 2 heteroatoms. The number of hydrogen-bond acceptors (Lipinski definition) is 2. The molecule has 0 atom stereocenters. The first-order valence-electron chi connectivity index (χ1n) is 5.47. The zero-order valence-corrected chi connectivity index (χ0v) is 11.6. The predicted molar refractivity (Wildman–Crippen MR) is 73.5 cm³/mol. The SMILES string of the molecule is C=C/C=C\c1sc(C)nc1C.CC.CC. The van der Waals surface area contributed by atoms with Crippen molar-refractivity contribution in [2.75, 3.05) is 0 Å². The summed E-state index contributed by atoms with van der Waals surface area (Å²) in [5.74, 6) is 0. The molecule has 0 unspecified atom stereocenters. The molecular weight excluding hydrogens is 202 g/mol. The highest BCUT2D eigenvalue weighted by atomic mass is 32.1. The Morgan fingerprint density at radius 2 is 1.67 bits per heavy atom. The van der Waals surface area contributed by atoms with E-state index in [9.17, 15) is 0 Å². The Balaban J connectivity index is 0. The molecule has 1 heterocycles. The number of thiazole rings is 1. The minimum atomic E-state index is 1.10. The largest absolute Gasteiger partial charge is 0.246 e. The van der Waals surface area contributed by atoms with Crippen LogP contribution in [0.4, 0.5) is 0 Å². The lowest BCUT2D eigenvalue weighted by atomic mass is 10.3. The first kappa shape index (κ1) is 16.5. The Kier molecular flexibility index (Phi) is 12.3. The molecule has 15 heavy (non-hydrogen) atoms. The fraction of sp³-hybridized carbons (Fsp3) is 0.462. The lowest BCUT2D eigenvalue weighted by molar-refractivity contribution is 1.20. The summed E-state index contributed by atoms with van der Waals surface area (Å²) in [6.07, 6.45) is 5.74. The van der Waals surface area contributed by atoms with Crippen molar-refractivity contribution < 1.29 is 0 Å². The molecule has 1 aromatic rings. The molecule has 86 valence electrons. The number of aromatic nitrogens is 1. The lowest BCUT2D eigenvalue weighted by Crippen LogP contribution is -1.72. The van der Waals surface area contributed by atoms with E-state index in [1.807, 2.05) is 53.7 Å². The van der Waals surface area contributed by atoms with Gasteiger partial charge in [0.2, 0.25) is 0 Å². The van der Waals surface area contributed by atoms with Crippen LogP contribution in [0, 0.1) is 13.8 Å². The summed E-state index contributed by atoms with van der Waals surface area (Å²) >= 11 is 1.71. The van der Waals surface area contributed by atoms with E-state index in [1.54, 1.807) is 17.4 Å². The summed E-state index contributed by atoms with van der Waals surface area (Å²) in [6, 6.07) is 0. The van der Waals surface area contributed by atoms with Gasteiger partial charge in [0, 0.05) is 0 Å². The molecule has 1 aromatic heterocycles. The van der Waals surface area contributed by atoms with E-state index in [2.05, 4.69) is 11.6 Å². The van der Waals surface area contributed by atoms with Crippen LogP contribution in [0.25, 0.3) is 6.08 Å². The first-order chi connectivity index (χ1) is 7.24. The van der Waals surface area contributed by atoms with E-state index in [1.165, 1.54) is 4.88 Å². The van der Waals surface area contributed by atoms with Crippen LogP contribution >= 0.6 is 11.3 Å². The van der Waals surface area contributed by atoms with Gasteiger partial charge in [0.15, 0.2) is 0 Å². The second-order valence-electron chi connectivity index (χ2n) is 2.28. The van der Waals surface area contributed by atoms with Gasteiger partial charge in [-0.15, -0.1) is 11.3 Å². The summed E-state index contributed by atoms with van der Waals surface area (Å²) in [5, 5.41) is 1.12. The van der Waals surface area contributed by atoms with Crippen LogP contribution < -0.4 is 0 Å². The minimum absolute atomic E-state index is 1.10. The fourth-order valence-electron chi connectivity index (χ4n) is 0.857. The average Bonchev–Trinajstić information content (AvgIpc) is 2.60. The van der Waals surface area contributed by atoms with Crippen molar-refractivity contribution in [2.24, 2.45) is 0 Å². The summed E-state index contributed by atoms with van der Waals surface area (Å²) < 4.78 is 0. The van der Waals surface area contributed by atoms with Crippen molar-refractivity contribution in [1.29, 1.82) is 0 Å². The maximum Gasteiger partial charge on any atom is 0.0903 e. The third-order valence-corrected chi connectivity index (χ3v) is 2.36. The van der Waals surface area contributed by atoms with Crippen LogP contribution in [0.3, 0.4) is 0 Å². The molecule has 0 bridgehead atoms. The summed E-state index contributed by atoms with van der Waals surface area (Å²) in [6.45, 7) is 15.6. The van der Waals surface area contributed by atoms with E-state index in [0.29, 0.717) is 0 Å².